The van der Waals surface area contributed by atoms with Gasteiger partial charge in [-0.2, -0.15) is 0 Å². The smallest absolute Gasteiger partial charge is 0.263 e. The summed E-state index contributed by atoms with van der Waals surface area (Å²) in [5.74, 6) is 0.695. The zero-order valence-electron chi connectivity index (χ0n) is 15.5. The Hall–Kier alpha value is -3.31. The van der Waals surface area contributed by atoms with E-state index in [1.54, 1.807) is 7.11 Å². The number of carbonyl (C=O) groups excluding carboxylic acids is 1. The third kappa shape index (κ3) is 3.70. The van der Waals surface area contributed by atoms with E-state index in [0.29, 0.717) is 11.4 Å². The molecule has 4 nitrogen and oxygen atoms in total. The average molecular weight is 388 g/mol. The van der Waals surface area contributed by atoms with Gasteiger partial charge in [-0.25, -0.2) is 0 Å². The molecule has 0 atom stereocenters. The van der Waals surface area contributed by atoms with Crippen LogP contribution in [0.4, 0.5) is 0 Å². The van der Waals surface area contributed by atoms with E-state index in [-0.39, 0.29) is 5.91 Å². The van der Waals surface area contributed by atoms with E-state index < -0.39 is 0 Å². The Balaban J connectivity index is 1.64. The first kappa shape index (κ1) is 18.1. The largest absolute Gasteiger partial charge is 0.497 e. The minimum atomic E-state index is -0.0845. The summed E-state index contributed by atoms with van der Waals surface area (Å²) in [6.07, 6.45) is 3.93. The fourth-order valence-electron chi connectivity index (χ4n) is 3.12. The topological polar surface area (TPSA) is 43.3 Å². The monoisotopic (exact) mass is 388 g/mol. The van der Waals surface area contributed by atoms with Crippen LogP contribution in [-0.4, -0.2) is 17.6 Å². The number of carbonyl (C=O) groups is 1. The number of ether oxygens (including phenoxy) is 1. The van der Waals surface area contributed by atoms with Gasteiger partial charge in [0.15, 0.2) is 0 Å². The molecular formula is C23H20N2O2S. The molecule has 140 valence electrons. The van der Waals surface area contributed by atoms with Gasteiger partial charge in [0.25, 0.3) is 5.91 Å². The van der Waals surface area contributed by atoms with Gasteiger partial charge in [-0.15, -0.1) is 11.3 Å². The molecule has 5 heteroatoms. The summed E-state index contributed by atoms with van der Waals surface area (Å²) in [6.45, 7) is 0.444. The molecule has 2 aromatic carbocycles. The van der Waals surface area contributed by atoms with Crippen LogP contribution in [0.5, 0.6) is 5.75 Å². The molecular weight excluding hydrogens is 368 g/mol. The van der Waals surface area contributed by atoms with Crippen molar-refractivity contribution in [2.75, 3.05) is 7.11 Å². The molecule has 0 radical (unpaired) electrons. The lowest BCUT2D eigenvalue weighted by atomic mass is 10.1. The third-order valence-electron chi connectivity index (χ3n) is 4.51. The van der Waals surface area contributed by atoms with Crippen LogP contribution in [0.1, 0.15) is 15.2 Å². The van der Waals surface area contributed by atoms with Crippen molar-refractivity contribution in [1.29, 1.82) is 0 Å². The fourth-order valence-corrected chi connectivity index (χ4v) is 4.11. The molecule has 0 aliphatic rings. The van der Waals surface area contributed by atoms with Crippen molar-refractivity contribution in [1.82, 2.24) is 9.88 Å². The lowest BCUT2D eigenvalue weighted by Gasteiger charge is -2.10. The lowest BCUT2D eigenvalue weighted by molar-refractivity contribution is 0.0955. The molecule has 0 saturated heterocycles. The minimum Gasteiger partial charge on any atom is -0.497 e. The summed E-state index contributed by atoms with van der Waals surface area (Å²) < 4.78 is 7.25. The number of amides is 1. The average Bonchev–Trinajstić information content (AvgIpc) is 3.42. The number of methoxy groups -OCH3 is 1. The van der Waals surface area contributed by atoms with E-state index in [1.165, 1.54) is 11.3 Å². The zero-order chi connectivity index (χ0) is 19.3. The number of nitrogens with zero attached hydrogens (tertiary/aromatic N) is 1. The molecule has 2 aromatic heterocycles. The lowest BCUT2D eigenvalue weighted by Crippen LogP contribution is -2.23. The highest BCUT2D eigenvalue weighted by molar-refractivity contribution is 7.13. The Kier molecular flexibility index (Phi) is 5.26. The highest BCUT2D eigenvalue weighted by Crippen LogP contribution is 2.35. The zero-order valence-corrected chi connectivity index (χ0v) is 16.3. The molecule has 0 aliphatic carbocycles. The van der Waals surface area contributed by atoms with Gasteiger partial charge in [0.05, 0.1) is 12.8 Å². The van der Waals surface area contributed by atoms with Crippen molar-refractivity contribution >= 4 is 17.2 Å². The molecule has 4 aromatic rings. The SMILES string of the molecule is COc1cccc(CNC(=O)c2scc(-c3ccccc3)c2-n2cccc2)c1. The van der Waals surface area contributed by atoms with Gasteiger partial charge >= 0.3 is 0 Å². The second-order valence-corrected chi connectivity index (χ2v) is 7.20. The van der Waals surface area contributed by atoms with Crippen LogP contribution < -0.4 is 10.1 Å². The van der Waals surface area contributed by atoms with E-state index >= 15 is 0 Å². The number of aromatic nitrogens is 1. The number of hydrogen-bond acceptors (Lipinski definition) is 3. The summed E-state index contributed by atoms with van der Waals surface area (Å²) in [6, 6.07) is 21.8. The summed E-state index contributed by atoms with van der Waals surface area (Å²) in [5, 5.41) is 5.08. The van der Waals surface area contributed by atoms with Crippen molar-refractivity contribution in [2.24, 2.45) is 0 Å². The highest BCUT2D eigenvalue weighted by Gasteiger charge is 2.20. The molecule has 28 heavy (non-hydrogen) atoms. The molecule has 0 bridgehead atoms. The summed E-state index contributed by atoms with van der Waals surface area (Å²) in [5.41, 5.74) is 4.04. The second-order valence-electron chi connectivity index (χ2n) is 6.32. The van der Waals surface area contributed by atoms with Gasteiger partial charge in [0, 0.05) is 29.9 Å². The van der Waals surface area contributed by atoms with Crippen molar-refractivity contribution in [3.05, 3.63) is 94.9 Å². The van der Waals surface area contributed by atoms with Gasteiger partial charge in [-0.05, 0) is 35.4 Å². The Morgan fingerprint density at radius 3 is 2.57 bits per heavy atom. The summed E-state index contributed by atoms with van der Waals surface area (Å²) in [4.78, 5) is 13.7. The molecule has 2 heterocycles. The summed E-state index contributed by atoms with van der Waals surface area (Å²) >= 11 is 1.46. The Morgan fingerprint density at radius 1 is 1.04 bits per heavy atom. The summed E-state index contributed by atoms with van der Waals surface area (Å²) in [7, 11) is 1.64. The Bertz CT molecular complexity index is 1070. The normalized spacial score (nSPS) is 10.6. The van der Waals surface area contributed by atoms with Gasteiger partial charge in [0.1, 0.15) is 10.6 Å². The van der Waals surface area contributed by atoms with Crippen LogP contribution in [-0.2, 0) is 6.54 Å². The number of rotatable bonds is 6. The van der Waals surface area contributed by atoms with Crippen molar-refractivity contribution < 1.29 is 9.53 Å². The Labute approximate surface area is 168 Å². The first-order chi connectivity index (χ1) is 13.8. The standard InChI is InChI=1S/C23H20N2O2S/c1-27-19-11-7-8-17(14-19)15-24-23(26)22-21(25-12-5-6-13-25)20(16-28-22)18-9-3-2-4-10-18/h2-14,16H,15H2,1H3,(H,24,26). The molecule has 0 spiro atoms. The Morgan fingerprint density at radius 2 is 1.82 bits per heavy atom. The molecule has 0 fully saturated rings. The molecule has 4 rings (SSSR count). The number of nitrogens with one attached hydrogen (secondary N) is 1. The van der Waals surface area contributed by atoms with E-state index in [4.69, 9.17) is 4.74 Å². The first-order valence-electron chi connectivity index (χ1n) is 8.97. The van der Waals surface area contributed by atoms with Crippen LogP contribution in [0.3, 0.4) is 0 Å². The van der Waals surface area contributed by atoms with Gasteiger partial charge < -0.3 is 14.6 Å². The molecule has 1 N–H and O–H groups in total. The maximum atomic E-state index is 13.0. The molecule has 1 amide bonds. The van der Waals surface area contributed by atoms with E-state index in [1.807, 2.05) is 76.9 Å². The van der Waals surface area contributed by atoms with E-state index in [9.17, 15) is 4.79 Å². The molecule has 0 unspecified atom stereocenters. The van der Waals surface area contributed by atoms with E-state index in [2.05, 4.69) is 17.4 Å². The predicted molar refractivity (Wildman–Crippen MR) is 113 cm³/mol. The van der Waals surface area contributed by atoms with Crippen LogP contribution in [0.2, 0.25) is 0 Å². The van der Waals surface area contributed by atoms with Gasteiger partial charge in [-0.1, -0.05) is 42.5 Å². The minimum absolute atomic E-state index is 0.0845. The third-order valence-corrected chi connectivity index (χ3v) is 5.47. The van der Waals surface area contributed by atoms with Crippen LogP contribution in [0, 0.1) is 0 Å². The molecule has 0 aliphatic heterocycles. The van der Waals surface area contributed by atoms with Crippen LogP contribution in [0.15, 0.2) is 84.5 Å². The van der Waals surface area contributed by atoms with Crippen molar-refractivity contribution in [2.45, 2.75) is 6.54 Å². The second kappa shape index (κ2) is 8.15. The van der Waals surface area contributed by atoms with Gasteiger partial charge in [0.2, 0.25) is 0 Å². The van der Waals surface area contributed by atoms with Crippen molar-refractivity contribution in [3.8, 4) is 22.6 Å². The highest BCUT2D eigenvalue weighted by atomic mass is 32.1. The maximum absolute atomic E-state index is 13.0. The van der Waals surface area contributed by atoms with Crippen molar-refractivity contribution in [3.63, 3.8) is 0 Å². The maximum Gasteiger partial charge on any atom is 0.263 e. The quantitative estimate of drug-likeness (QED) is 0.497. The number of benzene rings is 2. The molecule has 0 saturated carbocycles. The van der Waals surface area contributed by atoms with Crippen LogP contribution in [0.25, 0.3) is 16.8 Å². The first-order valence-corrected chi connectivity index (χ1v) is 9.85. The van der Waals surface area contributed by atoms with Gasteiger partial charge in [-0.3, -0.25) is 4.79 Å². The van der Waals surface area contributed by atoms with Crippen LogP contribution >= 0.6 is 11.3 Å². The predicted octanol–water partition coefficient (Wildman–Crippen LogP) is 5.14. The number of thiophene rings is 1. The number of hydrogen-bond donors (Lipinski definition) is 1. The van der Waals surface area contributed by atoms with E-state index in [0.717, 1.165) is 28.1 Å². The fraction of sp³-hybridized carbons (Fsp3) is 0.0870.